The van der Waals surface area contributed by atoms with Gasteiger partial charge in [-0.25, -0.2) is 0 Å². The lowest BCUT2D eigenvalue weighted by Gasteiger charge is -2.29. The summed E-state index contributed by atoms with van der Waals surface area (Å²) >= 11 is 6.20. The van der Waals surface area contributed by atoms with E-state index in [2.05, 4.69) is 34.5 Å². The molecule has 1 amide bonds. The quantitative estimate of drug-likeness (QED) is 0.774. The summed E-state index contributed by atoms with van der Waals surface area (Å²) in [7, 11) is 0. The molecule has 0 aromatic heterocycles. The standard InChI is InChI=1S/C22H25ClN2O2/c1-16(20-5-3-4-6-21(20)23)15-22(26)24-17(2)18-7-9-19(10-8-18)25-11-13-27-14-12-25/h3-10,15,17H,11-14H2,1-2H3,(H,24,26)/b16-15-. The molecule has 27 heavy (non-hydrogen) atoms. The van der Waals surface area contributed by atoms with Crippen LogP contribution in [0.5, 0.6) is 0 Å². The predicted octanol–water partition coefficient (Wildman–Crippen LogP) is 4.46. The van der Waals surface area contributed by atoms with E-state index < -0.39 is 0 Å². The van der Waals surface area contributed by atoms with Gasteiger partial charge in [-0.2, -0.15) is 0 Å². The molecule has 1 unspecified atom stereocenters. The Labute approximate surface area is 165 Å². The molecule has 0 bridgehead atoms. The Morgan fingerprint density at radius 2 is 1.81 bits per heavy atom. The van der Waals surface area contributed by atoms with Crippen LogP contribution in [0.25, 0.3) is 5.57 Å². The van der Waals surface area contributed by atoms with Gasteiger partial charge in [-0.15, -0.1) is 0 Å². The summed E-state index contributed by atoms with van der Waals surface area (Å²) in [4.78, 5) is 14.7. The van der Waals surface area contributed by atoms with Crippen molar-refractivity contribution in [2.45, 2.75) is 19.9 Å². The van der Waals surface area contributed by atoms with Gasteiger partial charge in [0, 0.05) is 29.9 Å². The molecule has 1 saturated heterocycles. The molecule has 1 atom stereocenters. The number of nitrogens with one attached hydrogen (secondary N) is 1. The fraction of sp³-hybridized carbons (Fsp3) is 0.318. The number of anilines is 1. The van der Waals surface area contributed by atoms with Crippen molar-refractivity contribution < 1.29 is 9.53 Å². The average Bonchev–Trinajstić information content (AvgIpc) is 2.69. The summed E-state index contributed by atoms with van der Waals surface area (Å²) in [6, 6.07) is 15.8. The molecular formula is C22H25ClN2O2. The van der Waals surface area contributed by atoms with Crippen molar-refractivity contribution in [2.24, 2.45) is 0 Å². The van der Waals surface area contributed by atoms with Crippen molar-refractivity contribution in [1.29, 1.82) is 0 Å². The minimum atomic E-state index is -0.128. The fourth-order valence-corrected chi connectivity index (χ4v) is 3.47. The maximum absolute atomic E-state index is 12.4. The van der Waals surface area contributed by atoms with Gasteiger partial charge in [-0.1, -0.05) is 41.9 Å². The Balaban J connectivity index is 1.62. The normalized spacial score (nSPS) is 16.1. The summed E-state index contributed by atoms with van der Waals surface area (Å²) in [6.45, 7) is 7.25. The van der Waals surface area contributed by atoms with Crippen molar-refractivity contribution in [3.63, 3.8) is 0 Å². The highest BCUT2D eigenvalue weighted by atomic mass is 35.5. The molecule has 1 aliphatic rings. The highest BCUT2D eigenvalue weighted by Crippen LogP contribution is 2.23. The molecule has 5 heteroatoms. The van der Waals surface area contributed by atoms with Gasteiger partial charge in [0.1, 0.15) is 0 Å². The molecular weight excluding hydrogens is 360 g/mol. The monoisotopic (exact) mass is 384 g/mol. The zero-order valence-electron chi connectivity index (χ0n) is 15.7. The van der Waals surface area contributed by atoms with Crippen LogP contribution in [-0.4, -0.2) is 32.2 Å². The van der Waals surface area contributed by atoms with E-state index in [-0.39, 0.29) is 11.9 Å². The van der Waals surface area contributed by atoms with Crippen molar-refractivity contribution in [3.05, 3.63) is 70.8 Å². The topological polar surface area (TPSA) is 41.6 Å². The number of allylic oxidation sites excluding steroid dienone is 1. The second-order valence-corrected chi connectivity index (χ2v) is 7.14. The van der Waals surface area contributed by atoms with E-state index in [1.807, 2.05) is 38.1 Å². The van der Waals surface area contributed by atoms with Crippen LogP contribution in [-0.2, 0) is 9.53 Å². The largest absolute Gasteiger partial charge is 0.378 e. The predicted molar refractivity (Wildman–Crippen MR) is 111 cm³/mol. The minimum absolute atomic E-state index is 0.0773. The van der Waals surface area contributed by atoms with Crippen molar-refractivity contribution in [1.82, 2.24) is 5.32 Å². The van der Waals surface area contributed by atoms with Gasteiger partial charge in [0.05, 0.1) is 19.3 Å². The third-order valence-electron chi connectivity index (χ3n) is 4.77. The van der Waals surface area contributed by atoms with Crippen molar-refractivity contribution in [3.8, 4) is 0 Å². The third-order valence-corrected chi connectivity index (χ3v) is 5.10. The summed E-state index contributed by atoms with van der Waals surface area (Å²) in [5.74, 6) is -0.128. The number of amides is 1. The number of nitrogens with zero attached hydrogens (tertiary/aromatic N) is 1. The number of halogens is 1. The van der Waals surface area contributed by atoms with Gasteiger partial charge in [0.2, 0.25) is 5.91 Å². The number of rotatable bonds is 5. The minimum Gasteiger partial charge on any atom is -0.378 e. The van der Waals surface area contributed by atoms with Gasteiger partial charge < -0.3 is 15.0 Å². The molecule has 3 rings (SSSR count). The van der Waals surface area contributed by atoms with Crippen LogP contribution in [0.3, 0.4) is 0 Å². The molecule has 0 aliphatic carbocycles. The number of carbonyl (C=O) groups is 1. The van der Waals surface area contributed by atoms with Gasteiger partial charge >= 0.3 is 0 Å². The van der Waals surface area contributed by atoms with E-state index in [1.165, 1.54) is 5.69 Å². The summed E-state index contributed by atoms with van der Waals surface area (Å²) < 4.78 is 5.39. The fourth-order valence-electron chi connectivity index (χ4n) is 3.19. The van der Waals surface area contributed by atoms with Crippen LogP contribution >= 0.6 is 11.6 Å². The van der Waals surface area contributed by atoms with Crippen LogP contribution in [0, 0.1) is 0 Å². The van der Waals surface area contributed by atoms with E-state index in [1.54, 1.807) is 6.08 Å². The first-order valence-corrected chi connectivity index (χ1v) is 9.59. The first-order valence-electron chi connectivity index (χ1n) is 9.21. The van der Waals surface area contributed by atoms with Gasteiger partial charge in [-0.05, 0) is 48.7 Å². The molecule has 2 aromatic carbocycles. The van der Waals surface area contributed by atoms with Crippen LogP contribution in [0.1, 0.15) is 31.0 Å². The van der Waals surface area contributed by atoms with Crippen LogP contribution in [0.2, 0.25) is 5.02 Å². The number of hydrogen-bond acceptors (Lipinski definition) is 3. The van der Waals surface area contributed by atoms with Gasteiger partial charge in [-0.3, -0.25) is 4.79 Å². The Morgan fingerprint density at radius 3 is 2.48 bits per heavy atom. The van der Waals surface area contributed by atoms with Crippen molar-refractivity contribution >= 4 is 28.8 Å². The van der Waals surface area contributed by atoms with Gasteiger partial charge in [0.25, 0.3) is 0 Å². The number of benzene rings is 2. The zero-order valence-corrected chi connectivity index (χ0v) is 16.5. The van der Waals surface area contributed by atoms with E-state index >= 15 is 0 Å². The maximum Gasteiger partial charge on any atom is 0.244 e. The molecule has 0 spiro atoms. The Bertz CT molecular complexity index is 811. The van der Waals surface area contributed by atoms with Gasteiger partial charge in [0.15, 0.2) is 0 Å². The van der Waals surface area contributed by atoms with Crippen LogP contribution in [0.4, 0.5) is 5.69 Å². The third kappa shape index (κ3) is 5.12. The molecule has 2 aromatic rings. The lowest BCUT2D eigenvalue weighted by atomic mass is 10.1. The Kier molecular flexibility index (Phi) is 6.54. The second kappa shape index (κ2) is 9.07. The maximum atomic E-state index is 12.4. The zero-order chi connectivity index (χ0) is 19.2. The average molecular weight is 385 g/mol. The molecule has 0 saturated carbocycles. The van der Waals surface area contributed by atoms with Crippen LogP contribution in [0.15, 0.2) is 54.6 Å². The van der Waals surface area contributed by atoms with E-state index in [0.717, 1.165) is 43.0 Å². The number of carbonyl (C=O) groups excluding carboxylic acids is 1. The number of hydrogen-bond donors (Lipinski definition) is 1. The number of morpholine rings is 1. The molecule has 1 aliphatic heterocycles. The van der Waals surface area contributed by atoms with E-state index in [4.69, 9.17) is 16.3 Å². The van der Waals surface area contributed by atoms with Crippen molar-refractivity contribution in [2.75, 3.05) is 31.2 Å². The first kappa shape index (κ1) is 19.5. The first-order chi connectivity index (χ1) is 13.0. The highest BCUT2D eigenvalue weighted by molar-refractivity contribution is 6.32. The van der Waals surface area contributed by atoms with E-state index in [0.29, 0.717) is 5.02 Å². The second-order valence-electron chi connectivity index (χ2n) is 6.73. The van der Waals surface area contributed by atoms with E-state index in [9.17, 15) is 4.79 Å². The Hall–Kier alpha value is -2.30. The molecule has 1 N–H and O–H groups in total. The molecule has 1 heterocycles. The Morgan fingerprint density at radius 1 is 1.15 bits per heavy atom. The summed E-state index contributed by atoms with van der Waals surface area (Å²) in [5.41, 5.74) is 3.98. The summed E-state index contributed by atoms with van der Waals surface area (Å²) in [5, 5.41) is 3.67. The molecule has 1 fully saturated rings. The number of ether oxygens (including phenoxy) is 1. The smallest absolute Gasteiger partial charge is 0.244 e. The molecule has 4 nitrogen and oxygen atoms in total. The molecule has 0 radical (unpaired) electrons. The lowest BCUT2D eigenvalue weighted by Crippen LogP contribution is -2.36. The lowest BCUT2D eigenvalue weighted by molar-refractivity contribution is -0.117. The molecule has 142 valence electrons. The highest BCUT2D eigenvalue weighted by Gasteiger charge is 2.13. The SMILES string of the molecule is C/C(=C/C(=O)NC(C)c1ccc(N2CCOCC2)cc1)c1ccccc1Cl. The van der Waals surface area contributed by atoms with Crippen LogP contribution < -0.4 is 10.2 Å². The summed E-state index contributed by atoms with van der Waals surface area (Å²) in [6.07, 6.45) is 1.60.